The fourth-order valence-corrected chi connectivity index (χ4v) is 2.78. The number of ether oxygens (including phenoxy) is 2. The first-order valence-electron chi connectivity index (χ1n) is 7.04. The number of hydrogen-bond acceptors (Lipinski definition) is 4. The molecule has 1 spiro atoms. The molecule has 0 aromatic rings. The van der Waals surface area contributed by atoms with Crippen LogP contribution in [0.5, 0.6) is 0 Å². The van der Waals surface area contributed by atoms with E-state index in [1.165, 1.54) is 0 Å². The highest BCUT2D eigenvalue weighted by Gasteiger charge is 2.42. The Kier molecular flexibility index (Phi) is 4.27. The van der Waals surface area contributed by atoms with Crippen LogP contribution in [0.2, 0.25) is 0 Å². The molecule has 0 aromatic heterocycles. The van der Waals surface area contributed by atoms with E-state index in [1.807, 2.05) is 0 Å². The Morgan fingerprint density at radius 2 is 2.05 bits per heavy atom. The summed E-state index contributed by atoms with van der Waals surface area (Å²) in [4.78, 5) is 9.67. The normalized spacial score (nSPS) is 30.9. The quantitative estimate of drug-likeness (QED) is 0.683. The van der Waals surface area contributed by atoms with E-state index in [2.05, 4.69) is 26.0 Å². The van der Waals surface area contributed by atoms with Crippen molar-refractivity contribution < 1.29 is 9.47 Å². The Bertz CT molecular complexity index is 412. The SMILES string of the molecule is COC1=N[C@]2(CC=CCCC2)C(OC)=N[C@@H]1C(C)C. The summed E-state index contributed by atoms with van der Waals surface area (Å²) in [7, 11) is 3.38. The highest BCUT2D eigenvalue weighted by molar-refractivity contribution is 5.97. The topological polar surface area (TPSA) is 43.2 Å². The lowest BCUT2D eigenvalue weighted by molar-refractivity contribution is 0.297. The third-order valence-corrected chi connectivity index (χ3v) is 3.85. The standard InChI is InChI=1S/C15H24N2O2/c1-11(2)12-13(18-3)17-15(14(16-12)19-4)9-7-5-6-8-10-15/h5,7,11-12H,6,8-10H2,1-4H3/t12-,15+/m1/s1. The van der Waals surface area contributed by atoms with Gasteiger partial charge in [-0.3, -0.25) is 0 Å². The van der Waals surface area contributed by atoms with Crippen LogP contribution in [0.15, 0.2) is 22.1 Å². The molecule has 0 amide bonds. The molecule has 4 nitrogen and oxygen atoms in total. The third kappa shape index (κ3) is 2.67. The molecule has 0 radical (unpaired) electrons. The summed E-state index contributed by atoms with van der Waals surface area (Å²) in [6, 6.07) is -0.0298. The van der Waals surface area contributed by atoms with E-state index >= 15 is 0 Å². The zero-order valence-corrected chi connectivity index (χ0v) is 12.3. The molecule has 0 saturated carbocycles. The molecule has 4 heteroatoms. The van der Waals surface area contributed by atoms with Gasteiger partial charge in [0.05, 0.1) is 14.2 Å². The first-order valence-corrected chi connectivity index (χ1v) is 7.04. The van der Waals surface area contributed by atoms with E-state index in [4.69, 9.17) is 19.5 Å². The molecule has 0 saturated heterocycles. The van der Waals surface area contributed by atoms with Gasteiger partial charge in [-0.05, 0) is 31.6 Å². The Morgan fingerprint density at radius 1 is 1.26 bits per heavy atom. The van der Waals surface area contributed by atoms with E-state index in [0.717, 1.165) is 37.5 Å². The molecule has 2 rings (SSSR count). The summed E-state index contributed by atoms with van der Waals surface area (Å²) < 4.78 is 11.1. The molecule has 1 aliphatic carbocycles. The molecule has 0 bridgehead atoms. The van der Waals surface area contributed by atoms with Gasteiger partial charge >= 0.3 is 0 Å². The molecule has 0 unspecified atom stereocenters. The van der Waals surface area contributed by atoms with Crippen molar-refractivity contribution in [3.8, 4) is 0 Å². The van der Waals surface area contributed by atoms with Crippen LogP contribution >= 0.6 is 0 Å². The predicted octanol–water partition coefficient (Wildman–Crippen LogP) is 2.98. The molecule has 0 aromatic carbocycles. The van der Waals surface area contributed by atoms with E-state index in [9.17, 15) is 0 Å². The number of nitrogens with zero attached hydrogens (tertiary/aromatic N) is 2. The zero-order chi connectivity index (χ0) is 13.9. The van der Waals surface area contributed by atoms with Crippen LogP contribution in [0, 0.1) is 5.92 Å². The molecule has 1 heterocycles. The average molecular weight is 264 g/mol. The van der Waals surface area contributed by atoms with Gasteiger partial charge in [-0.1, -0.05) is 26.0 Å². The van der Waals surface area contributed by atoms with Crippen LogP contribution in [0.3, 0.4) is 0 Å². The summed E-state index contributed by atoms with van der Waals surface area (Å²) in [6.07, 6.45) is 8.42. The average Bonchev–Trinajstić information content (AvgIpc) is 2.64. The summed E-state index contributed by atoms with van der Waals surface area (Å²) in [5.41, 5.74) is -0.349. The van der Waals surface area contributed by atoms with Gasteiger partial charge < -0.3 is 9.47 Å². The van der Waals surface area contributed by atoms with Crippen molar-refractivity contribution in [2.24, 2.45) is 15.9 Å². The first-order chi connectivity index (χ1) is 9.13. The summed E-state index contributed by atoms with van der Waals surface area (Å²) in [6.45, 7) is 4.25. The van der Waals surface area contributed by atoms with Crippen molar-refractivity contribution in [1.29, 1.82) is 0 Å². The van der Waals surface area contributed by atoms with Crippen LogP contribution < -0.4 is 0 Å². The number of aliphatic imine (C=N–C) groups is 2. The van der Waals surface area contributed by atoms with Crippen LogP contribution in [0.4, 0.5) is 0 Å². The van der Waals surface area contributed by atoms with Gasteiger partial charge in [0.15, 0.2) is 0 Å². The second-order valence-corrected chi connectivity index (χ2v) is 5.58. The fraction of sp³-hybridized carbons (Fsp3) is 0.733. The van der Waals surface area contributed by atoms with Crippen LogP contribution in [-0.4, -0.2) is 37.6 Å². The summed E-state index contributed by atoms with van der Waals surface area (Å²) in [5.74, 6) is 1.85. The second kappa shape index (κ2) is 5.76. The van der Waals surface area contributed by atoms with Gasteiger partial charge in [0.1, 0.15) is 11.6 Å². The lowest BCUT2D eigenvalue weighted by Crippen LogP contribution is -2.46. The van der Waals surface area contributed by atoms with Gasteiger partial charge in [-0.2, -0.15) is 0 Å². The highest BCUT2D eigenvalue weighted by atomic mass is 16.5. The predicted molar refractivity (Wildman–Crippen MR) is 77.9 cm³/mol. The van der Waals surface area contributed by atoms with Crippen molar-refractivity contribution in [3.05, 3.63) is 12.2 Å². The lowest BCUT2D eigenvalue weighted by Gasteiger charge is -2.35. The number of allylic oxidation sites excluding steroid dienone is 1. The Balaban J connectivity index is 2.39. The molecule has 0 fully saturated rings. The molecular weight excluding hydrogens is 240 g/mol. The maximum atomic E-state index is 5.57. The highest BCUT2D eigenvalue weighted by Crippen LogP contribution is 2.34. The smallest absolute Gasteiger partial charge is 0.213 e. The van der Waals surface area contributed by atoms with E-state index in [-0.39, 0.29) is 11.6 Å². The minimum absolute atomic E-state index is 0.0298. The van der Waals surface area contributed by atoms with Gasteiger partial charge in [-0.15, -0.1) is 0 Å². The van der Waals surface area contributed by atoms with Crippen molar-refractivity contribution >= 4 is 11.8 Å². The molecule has 2 aliphatic rings. The van der Waals surface area contributed by atoms with E-state index < -0.39 is 0 Å². The Labute approximate surface area is 115 Å². The van der Waals surface area contributed by atoms with E-state index in [0.29, 0.717) is 5.92 Å². The summed E-state index contributed by atoms with van der Waals surface area (Å²) >= 11 is 0. The first kappa shape index (κ1) is 14.1. The second-order valence-electron chi connectivity index (χ2n) is 5.58. The zero-order valence-electron chi connectivity index (χ0n) is 12.3. The molecule has 19 heavy (non-hydrogen) atoms. The third-order valence-electron chi connectivity index (χ3n) is 3.85. The largest absolute Gasteiger partial charge is 0.483 e. The maximum absolute atomic E-state index is 5.57. The Hall–Kier alpha value is -1.32. The molecule has 1 aliphatic heterocycles. The van der Waals surface area contributed by atoms with Crippen LogP contribution in [0.1, 0.15) is 39.5 Å². The minimum atomic E-state index is -0.349. The van der Waals surface area contributed by atoms with Crippen molar-refractivity contribution in [3.63, 3.8) is 0 Å². The van der Waals surface area contributed by atoms with Crippen LogP contribution in [-0.2, 0) is 9.47 Å². The van der Waals surface area contributed by atoms with Crippen LogP contribution in [0.25, 0.3) is 0 Å². The van der Waals surface area contributed by atoms with E-state index in [1.54, 1.807) is 14.2 Å². The van der Waals surface area contributed by atoms with Gasteiger partial charge in [0, 0.05) is 0 Å². The summed E-state index contributed by atoms with van der Waals surface area (Å²) in [5, 5.41) is 0. The van der Waals surface area contributed by atoms with Gasteiger partial charge in [0.2, 0.25) is 11.8 Å². The number of hydrogen-bond donors (Lipinski definition) is 0. The minimum Gasteiger partial charge on any atom is -0.483 e. The molecule has 0 N–H and O–H groups in total. The van der Waals surface area contributed by atoms with Gasteiger partial charge in [0.25, 0.3) is 0 Å². The van der Waals surface area contributed by atoms with Crippen molar-refractivity contribution in [2.75, 3.05) is 14.2 Å². The number of methoxy groups -OCH3 is 2. The van der Waals surface area contributed by atoms with Gasteiger partial charge in [-0.25, -0.2) is 9.98 Å². The lowest BCUT2D eigenvalue weighted by atomic mass is 9.88. The van der Waals surface area contributed by atoms with Crippen molar-refractivity contribution in [1.82, 2.24) is 0 Å². The number of rotatable bonds is 1. The maximum Gasteiger partial charge on any atom is 0.213 e. The monoisotopic (exact) mass is 264 g/mol. The molecule has 106 valence electrons. The van der Waals surface area contributed by atoms with Crippen molar-refractivity contribution in [2.45, 2.75) is 51.1 Å². The Morgan fingerprint density at radius 3 is 2.68 bits per heavy atom. The molecular formula is C15H24N2O2. The fourth-order valence-electron chi connectivity index (χ4n) is 2.78. The molecule has 2 atom stereocenters.